The molecule has 0 saturated carbocycles. The lowest BCUT2D eigenvalue weighted by molar-refractivity contribution is -0.140. The van der Waals surface area contributed by atoms with E-state index in [0.29, 0.717) is 15.7 Å². The molecule has 0 aliphatic carbocycles. The molecule has 1 unspecified atom stereocenters. The Bertz CT molecular complexity index is 464. The minimum atomic E-state index is -1.15. The van der Waals surface area contributed by atoms with Gasteiger partial charge in [0.1, 0.15) is 0 Å². The standard InChI is InChI=1S/C11H13BrN2O4/c1-18-5-9(11(16)17)14-10(15)6-2-3-8(13)7(12)4-6/h2-4,9H,5,13H2,1H3,(H,14,15)(H,16,17). The summed E-state index contributed by atoms with van der Waals surface area (Å²) in [7, 11) is 1.36. The van der Waals surface area contributed by atoms with Gasteiger partial charge in [0, 0.05) is 22.8 Å². The zero-order valence-corrected chi connectivity index (χ0v) is 11.2. The minimum absolute atomic E-state index is 0.1000. The van der Waals surface area contributed by atoms with Gasteiger partial charge in [-0.25, -0.2) is 4.79 Å². The van der Waals surface area contributed by atoms with Gasteiger partial charge in [0.2, 0.25) is 0 Å². The monoisotopic (exact) mass is 316 g/mol. The Morgan fingerprint density at radius 3 is 2.72 bits per heavy atom. The number of hydrogen-bond acceptors (Lipinski definition) is 4. The van der Waals surface area contributed by atoms with Crippen molar-refractivity contribution in [3.8, 4) is 0 Å². The number of halogens is 1. The van der Waals surface area contributed by atoms with Crippen molar-refractivity contribution in [2.24, 2.45) is 0 Å². The van der Waals surface area contributed by atoms with Crippen LogP contribution in [0.2, 0.25) is 0 Å². The van der Waals surface area contributed by atoms with Gasteiger partial charge < -0.3 is 20.9 Å². The second kappa shape index (κ2) is 6.36. The van der Waals surface area contributed by atoms with E-state index >= 15 is 0 Å². The highest BCUT2D eigenvalue weighted by Gasteiger charge is 2.20. The van der Waals surface area contributed by atoms with Gasteiger partial charge in [0.05, 0.1) is 6.61 Å². The van der Waals surface area contributed by atoms with E-state index in [1.807, 2.05) is 0 Å². The number of aliphatic carboxylic acids is 1. The van der Waals surface area contributed by atoms with E-state index in [4.69, 9.17) is 15.6 Å². The zero-order valence-electron chi connectivity index (χ0n) is 9.64. The molecule has 4 N–H and O–H groups in total. The van der Waals surface area contributed by atoms with Crippen LogP contribution in [0.5, 0.6) is 0 Å². The highest BCUT2D eigenvalue weighted by Crippen LogP contribution is 2.20. The maximum atomic E-state index is 11.8. The fraction of sp³-hybridized carbons (Fsp3) is 0.273. The molecular weight excluding hydrogens is 304 g/mol. The summed E-state index contributed by atoms with van der Waals surface area (Å²) in [6.07, 6.45) is 0. The highest BCUT2D eigenvalue weighted by atomic mass is 79.9. The third-order valence-electron chi connectivity index (χ3n) is 2.20. The van der Waals surface area contributed by atoms with Gasteiger partial charge >= 0.3 is 5.97 Å². The average molecular weight is 317 g/mol. The highest BCUT2D eigenvalue weighted by molar-refractivity contribution is 9.10. The molecule has 1 amide bonds. The zero-order chi connectivity index (χ0) is 13.7. The molecule has 18 heavy (non-hydrogen) atoms. The molecule has 98 valence electrons. The van der Waals surface area contributed by atoms with Crippen LogP contribution in [-0.2, 0) is 9.53 Å². The Hall–Kier alpha value is -1.60. The number of benzene rings is 1. The topological polar surface area (TPSA) is 102 Å². The molecule has 0 saturated heterocycles. The van der Waals surface area contributed by atoms with Gasteiger partial charge in [-0.05, 0) is 34.1 Å². The Kier molecular flexibility index (Phi) is 5.11. The average Bonchev–Trinajstić information content (AvgIpc) is 2.31. The van der Waals surface area contributed by atoms with Crippen LogP contribution in [0.1, 0.15) is 10.4 Å². The SMILES string of the molecule is COCC(NC(=O)c1ccc(N)c(Br)c1)C(=O)O. The van der Waals surface area contributed by atoms with Crippen LogP contribution in [0, 0.1) is 0 Å². The number of carbonyl (C=O) groups excluding carboxylic acids is 1. The first-order chi connectivity index (χ1) is 8.45. The van der Waals surface area contributed by atoms with E-state index in [0.717, 1.165) is 0 Å². The van der Waals surface area contributed by atoms with Crippen molar-refractivity contribution in [3.63, 3.8) is 0 Å². The number of nitrogens with one attached hydrogen (secondary N) is 1. The fourth-order valence-electron chi connectivity index (χ4n) is 1.25. The van der Waals surface area contributed by atoms with Crippen LogP contribution in [0.4, 0.5) is 5.69 Å². The van der Waals surface area contributed by atoms with E-state index in [9.17, 15) is 9.59 Å². The number of hydrogen-bond donors (Lipinski definition) is 3. The normalized spacial score (nSPS) is 11.9. The molecular formula is C11H13BrN2O4. The van der Waals surface area contributed by atoms with E-state index in [1.165, 1.54) is 19.2 Å². The lowest BCUT2D eigenvalue weighted by Crippen LogP contribution is -2.43. The van der Waals surface area contributed by atoms with Crippen molar-refractivity contribution in [1.82, 2.24) is 5.32 Å². The molecule has 0 fully saturated rings. The fourth-order valence-corrected chi connectivity index (χ4v) is 1.63. The number of anilines is 1. The third kappa shape index (κ3) is 3.71. The smallest absolute Gasteiger partial charge is 0.328 e. The minimum Gasteiger partial charge on any atom is -0.480 e. The molecule has 0 bridgehead atoms. The summed E-state index contributed by atoms with van der Waals surface area (Å²) in [5.74, 6) is -1.65. The Morgan fingerprint density at radius 2 is 2.22 bits per heavy atom. The first kappa shape index (κ1) is 14.5. The van der Waals surface area contributed by atoms with Crippen molar-refractivity contribution in [2.75, 3.05) is 19.5 Å². The Labute approximate surface area is 112 Å². The summed E-state index contributed by atoms with van der Waals surface area (Å²) in [6, 6.07) is 3.52. The number of rotatable bonds is 5. The van der Waals surface area contributed by atoms with E-state index < -0.39 is 17.9 Å². The molecule has 1 rings (SSSR count). The van der Waals surface area contributed by atoms with Crippen LogP contribution < -0.4 is 11.1 Å². The molecule has 6 nitrogen and oxygen atoms in total. The lowest BCUT2D eigenvalue weighted by atomic mass is 10.2. The molecule has 0 aromatic heterocycles. The molecule has 0 spiro atoms. The molecule has 0 radical (unpaired) electrons. The summed E-state index contributed by atoms with van der Waals surface area (Å²) in [6.45, 7) is -0.1000. The van der Waals surface area contributed by atoms with Crippen molar-refractivity contribution in [1.29, 1.82) is 0 Å². The van der Waals surface area contributed by atoms with Crippen molar-refractivity contribution >= 4 is 33.5 Å². The number of carboxylic acid groups (broad SMARTS) is 1. The summed E-state index contributed by atoms with van der Waals surface area (Å²) in [4.78, 5) is 22.7. The predicted molar refractivity (Wildman–Crippen MR) is 69.3 cm³/mol. The summed E-state index contributed by atoms with van der Waals surface area (Å²) in [5, 5.41) is 11.2. The van der Waals surface area contributed by atoms with Crippen LogP contribution in [0.15, 0.2) is 22.7 Å². The first-order valence-electron chi connectivity index (χ1n) is 5.03. The van der Waals surface area contributed by atoms with E-state index in [1.54, 1.807) is 6.07 Å². The first-order valence-corrected chi connectivity index (χ1v) is 5.82. The summed E-state index contributed by atoms with van der Waals surface area (Å²) in [5.41, 5.74) is 6.41. The predicted octanol–water partition coefficient (Wildman–Crippen LogP) is 0.861. The van der Waals surface area contributed by atoms with Crippen molar-refractivity contribution in [2.45, 2.75) is 6.04 Å². The van der Waals surface area contributed by atoms with Crippen LogP contribution in [0.3, 0.4) is 0 Å². The van der Waals surface area contributed by atoms with E-state index in [-0.39, 0.29) is 6.61 Å². The number of nitrogen functional groups attached to an aromatic ring is 1. The summed E-state index contributed by atoms with van der Waals surface area (Å²) < 4.78 is 5.30. The molecule has 0 heterocycles. The largest absolute Gasteiger partial charge is 0.480 e. The molecule has 7 heteroatoms. The van der Waals surface area contributed by atoms with Gasteiger partial charge in [-0.3, -0.25) is 4.79 Å². The van der Waals surface area contributed by atoms with Gasteiger partial charge in [-0.15, -0.1) is 0 Å². The Morgan fingerprint density at radius 1 is 1.56 bits per heavy atom. The summed E-state index contributed by atoms with van der Waals surface area (Å²) >= 11 is 3.19. The number of carbonyl (C=O) groups is 2. The quantitative estimate of drug-likeness (QED) is 0.699. The molecule has 1 atom stereocenters. The van der Waals surface area contributed by atoms with Crippen LogP contribution in [-0.4, -0.2) is 36.7 Å². The van der Waals surface area contributed by atoms with Gasteiger partial charge in [-0.1, -0.05) is 0 Å². The van der Waals surface area contributed by atoms with Crippen LogP contribution >= 0.6 is 15.9 Å². The third-order valence-corrected chi connectivity index (χ3v) is 2.89. The molecule has 0 aliphatic rings. The van der Waals surface area contributed by atoms with Gasteiger partial charge in [0.15, 0.2) is 6.04 Å². The second-order valence-corrected chi connectivity index (χ2v) is 4.41. The number of nitrogens with two attached hydrogens (primary N) is 1. The van der Waals surface area contributed by atoms with E-state index in [2.05, 4.69) is 21.2 Å². The molecule has 0 aliphatic heterocycles. The number of amides is 1. The number of ether oxygens (including phenoxy) is 1. The second-order valence-electron chi connectivity index (χ2n) is 3.56. The maximum absolute atomic E-state index is 11.8. The van der Waals surface area contributed by atoms with Crippen LogP contribution in [0.25, 0.3) is 0 Å². The van der Waals surface area contributed by atoms with Gasteiger partial charge in [0.25, 0.3) is 5.91 Å². The maximum Gasteiger partial charge on any atom is 0.328 e. The molecule has 1 aromatic carbocycles. The van der Waals surface area contributed by atoms with Crippen molar-refractivity contribution in [3.05, 3.63) is 28.2 Å². The molecule has 1 aromatic rings. The lowest BCUT2D eigenvalue weighted by Gasteiger charge is -2.13. The number of carboxylic acids is 1. The van der Waals surface area contributed by atoms with Crippen molar-refractivity contribution < 1.29 is 19.4 Å². The Balaban J connectivity index is 2.80. The number of methoxy groups -OCH3 is 1. The van der Waals surface area contributed by atoms with Gasteiger partial charge in [-0.2, -0.15) is 0 Å².